The van der Waals surface area contributed by atoms with Gasteiger partial charge >= 0.3 is 0 Å². The first-order valence-electron chi connectivity index (χ1n) is 11.4. The van der Waals surface area contributed by atoms with Crippen molar-refractivity contribution < 1.29 is 9.32 Å². The summed E-state index contributed by atoms with van der Waals surface area (Å²) >= 11 is 0. The van der Waals surface area contributed by atoms with Crippen LogP contribution in [0.2, 0.25) is 0 Å². The predicted octanol–water partition coefficient (Wildman–Crippen LogP) is 2.25. The van der Waals surface area contributed by atoms with Crippen LogP contribution < -0.4 is 16.8 Å². The number of hydrogen-bond acceptors (Lipinski definition) is 9. The molecule has 5 rings (SSSR count). The van der Waals surface area contributed by atoms with Gasteiger partial charge in [0.25, 0.3) is 5.89 Å². The standard InChI is InChI=1S/C24H27N9O2/c1-23(2,26)31-19(34)14-33-13-17(12-29-33)20-30-21(32-35-20)24(8-3-9-24)18-6-4-15(5-7-18)16-10-27-22(25)28-11-16/h4-7,10-13H,3,8-9,14,26H2,1-2H3,(H,31,34)(H2,25,27,28). The number of aromatic nitrogens is 6. The van der Waals surface area contributed by atoms with Crippen molar-refractivity contribution in [2.45, 2.75) is 50.7 Å². The Balaban J connectivity index is 1.34. The van der Waals surface area contributed by atoms with Gasteiger partial charge in [-0.2, -0.15) is 10.1 Å². The quantitative estimate of drug-likeness (QED) is 0.341. The smallest absolute Gasteiger partial charge is 0.261 e. The molecule has 0 spiro atoms. The average molecular weight is 474 g/mol. The number of anilines is 1. The fourth-order valence-electron chi connectivity index (χ4n) is 4.28. The SMILES string of the molecule is CC(C)(N)NC(=O)Cn1cc(-c2nc(C3(c4ccc(-c5cnc(N)nc5)cc4)CCC3)no2)cn1. The van der Waals surface area contributed by atoms with Crippen LogP contribution >= 0.6 is 0 Å². The summed E-state index contributed by atoms with van der Waals surface area (Å²) in [7, 11) is 0. The first-order chi connectivity index (χ1) is 16.7. The lowest BCUT2D eigenvalue weighted by atomic mass is 9.64. The molecule has 35 heavy (non-hydrogen) atoms. The predicted molar refractivity (Wildman–Crippen MR) is 128 cm³/mol. The molecule has 0 bridgehead atoms. The number of carbonyl (C=O) groups is 1. The molecule has 3 heterocycles. The van der Waals surface area contributed by atoms with Crippen LogP contribution in [0.1, 0.15) is 44.5 Å². The summed E-state index contributed by atoms with van der Waals surface area (Å²) in [6, 6.07) is 8.28. The van der Waals surface area contributed by atoms with Gasteiger partial charge in [0.1, 0.15) is 6.54 Å². The summed E-state index contributed by atoms with van der Waals surface area (Å²) < 4.78 is 7.11. The Labute approximate surface area is 202 Å². The van der Waals surface area contributed by atoms with E-state index in [0.29, 0.717) is 17.3 Å². The lowest BCUT2D eigenvalue weighted by Gasteiger charge is -2.39. The van der Waals surface area contributed by atoms with Crippen LogP contribution in [0.5, 0.6) is 0 Å². The summed E-state index contributed by atoms with van der Waals surface area (Å²) in [6.07, 6.45) is 9.69. The number of rotatable bonds is 7. The lowest BCUT2D eigenvalue weighted by molar-refractivity contribution is -0.123. The Morgan fingerprint density at radius 2 is 1.83 bits per heavy atom. The molecule has 3 aromatic heterocycles. The molecule has 1 amide bonds. The highest BCUT2D eigenvalue weighted by Gasteiger charge is 2.44. The molecule has 0 atom stereocenters. The van der Waals surface area contributed by atoms with Gasteiger partial charge in [0.15, 0.2) is 5.82 Å². The summed E-state index contributed by atoms with van der Waals surface area (Å²) in [5.41, 5.74) is 14.0. The van der Waals surface area contributed by atoms with Crippen molar-refractivity contribution in [2.75, 3.05) is 5.73 Å². The number of nitrogens with zero attached hydrogens (tertiary/aromatic N) is 6. The Morgan fingerprint density at radius 3 is 2.46 bits per heavy atom. The topological polar surface area (TPSA) is 164 Å². The van der Waals surface area contributed by atoms with Crippen molar-refractivity contribution in [2.24, 2.45) is 5.73 Å². The Bertz CT molecular complexity index is 1330. The number of hydrogen-bond donors (Lipinski definition) is 3. The number of amides is 1. The number of nitrogens with one attached hydrogen (secondary N) is 1. The third-order valence-corrected chi connectivity index (χ3v) is 6.15. The van der Waals surface area contributed by atoms with E-state index in [2.05, 4.69) is 37.7 Å². The van der Waals surface area contributed by atoms with Gasteiger partial charge < -0.3 is 21.3 Å². The van der Waals surface area contributed by atoms with E-state index in [4.69, 9.17) is 21.0 Å². The molecule has 1 aromatic carbocycles. The lowest BCUT2D eigenvalue weighted by Crippen LogP contribution is -2.51. The first kappa shape index (κ1) is 22.7. The van der Waals surface area contributed by atoms with Gasteiger partial charge in [0, 0.05) is 24.2 Å². The van der Waals surface area contributed by atoms with Crippen LogP contribution in [0, 0.1) is 0 Å². The van der Waals surface area contributed by atoms with Crippen LogP contribution in [-0.2, 0) is 16.8 Å². The van der Waals surface area contributed by atoms with E-state index >= 15 is 0 Å². The van der Waals surface area contributed by atoms with Crippen LogP contribution in [0.15, 0.2) is 53.6 Å². The van der Waals surface area contributed by atoms with Crippen molar-refractivity contribution >= 4 is 11.9 Å². The minimum atomic E-state index is -0.799. The Morgan fingerprint density at radius 1 is 1.11 bits per heavy atom. The second-order valence-electron chi connectivity index (χ2n) is 9.46. The molecule has 5 N–H and O–H groups in total. The van der Waals surface area contributed by atoms with E-state index in [1.807, 2.05) is 12.1 Å². The Hall–Kier alpha value is -4.12. The average Bonchev–Trinajstić information content (AvgIpc) is 3.43. The summed E-state index contributed by atoms with van der Waals surface area (Å²) in [5.74, 6) is 1.03. The van der Waals surface area contributed by atoms with Crippen molar-refractivity contribution in [3.8, 4) is 22.6 Å². The normalized spacial score (nSPS) is 14.9. The van der Waals surface area contributed by atoms with Crippen LogP contribution in [0.3, 0.4) is 0 Å². The minimum Gasteiger partial charge on any atom is -0.368 e. The van der Waals surface area contributed by atoms with E-state index in [1.165, 1.54) is 4.68 Å². The molecular weight excluding hydrogens is 446 g/mol. The summed E-state index contributed by atoms with van der Waals surface area (Å²) in [6.45, 7) is 3.47. The third-order valence-electron chi connectivity index (χ3n) is 6.15. The van der Waals surface area contributed by atoms with E-state index in [9.17, 15) is 4.79 Å². The number of carbonyl (C=O) groups excluding carboxylic acids is 1. The van der Waals surface area contributed by atoms with Crippen molar-refractivity contribution in [3.05, 3.63) is 60.4 Å². The van der Waals surface area contributed by atoms with Crippen LogP contribution in [0.4, 0.5) is 5.95 Å². The van der Waals surface area contributed by atoms with Gasteiger partial charge in [0.2, 0.25) is 11.9 Å². The fraction of sp³-hybridized carbons (Fsp3) is 0.333. The maximum atomic E-state index is 12.1. The molecule has 1 saturated carbocycles. The summed E-state index contributed by atoms with van der Waals surface area (Å²) in [5, 5.41) is 11.3. The molecular formula is C24H27N9O2. The zero-order valence-electron chi connectivity index (χ0n) is 19.6. The number of nitrogen functional groups attached to an aromatic ring is 1. The molecule has 0 radical (unpaired) electrons. The highest BCUT2D eigenvalue weighted by Crippen LogP contribution is 2.48. The van der Waals surface area contributed by atoms with Gasteiger partial charge in [-0.15, -0.1) is 0 Å². The molecule has 1 fully saturated rings. The largest absolute Gasteiger partial charge is 0.368 e. The number of benzene rings is 1. The second kappa shape index (κ2) is 8.58. The molecule has 180 valence electrons. The third kappa shape index (κ3) is 4.62. The van der Waals surface area contributed by atoms with Gasteiger partial charge in [-0.05, 0) is 37.8 Å². The molecule has 0 saturated heterocycles. The fourth-order valence-corrected chi connectivity index (χ4v) is 4.28. The highest BCUT2D eigenvalue weighted by atomic mass is 16.5. The van der Waals surface area contributed by atoms with Gasteiger partial charge in [-0.1, -0.05) is 35.8 Å². The molecule has 1 aliphatic rings. The first-order valence-corrected chi connectivity index (χ1v) is 11.4. The molecule has 4 aromatic rings. The van der Waals surface area contributed by atoms with Crippen LogP contribution in [-0.4, -0.2) is 41.5 Å². The molecule has 11 heteroatoms. The van der Waals surface area contributed by atoms with Crippen LogP contribution in [0.25, 0.3) is 22.6 Å². The summed E-state index contributed by atoms with van der Waals surface area (Å²) in [4.78, 5) is 25.0. The van der Waals surface area contributed by atoms with Gasteiger partial charge in [-0.3, -0.25) is 9.48 Å². The Kier molecular flexibility index (Phi) is 5.56. The molecule has 0 unspecified atom stereocenters. The van der Waals surface area contributed by atoms with E-state index in [0.717, 1.165) is 36.0 Å². The molecule has 0 aliphatic heterocycles. The molecule has 11 nitrogen and oxygen atoms in total. The maximum Gasteiger partial charge on any atom is 0.261 e. The van der Waals surface area contributed by atoms with Crippen molar-refractivity contribution in [1.29, 1.82) is 0 Å². The van der Waals surface area contributed by atoms with Crippen molar-refractivity contribution in [3.63, 3.8) is 0 Å². The zero-order chi connectivity index (χ0) is 24.6. The van der Waals surface area contributed by atoms with E-state index in [-0.39, 0.29) is 23.8 Å². The molecule has 1 aliphatic carbocycles. The van der Waals surface area contributed by atoms with E-state index in [1.54, 1.807) is 38.6 Å². The monoisotopic (exact) mass is 473 g/mol. The number of nitrogens with two attached hydrogens (primary N) is 2. The zero-order valence-corrected chi connectivity index (χ0v) is 19.6. The van der Waals surface area contributed by atoms with Gasteiger partial charge in [-0.25, -0.2) is 9.97 Å². The van der Waals surface area contributed by atoms with E-state index < -0.39 is 5.66 Å². The minimum absolute atomic E-state index is 0.0386. The highest BCUT2D eigenvalue weighted by molar-refractivity contribution is 5.76. The second-order valence-corrected chi connectivity index (χ2v) is 9.46. The maximum absolute atomic E-state index is 12.1. The van der Waals surface area contributed by atoms with Gasteiger partial charge in [0.05, 0.1) is 22.8 Å². The van der Waals surface area contributed by atoms with Crippen molar-refractivity contribution in [1.82, 2.24) is 35.2 Å².